The highest BCUT2D eigenvalue weighted by atomic mass is 79.9. The molecule has 0 radical (unpaired) electrons. The average Bonchev–Trinajstić information content (AvgIpc) is 2.85. The van der Waals surface area contributed by atoms with Crippen LogP contribution in [0.3, 0.4) is 0 Å². The van der Waals surface area contributed by atoms with Crippen molar-refractivity contribution >= 4 is 37.5 Å². The second-order valence-electron chi connectivity index (χ2n) is 3.19. The quantitative estimate of drug-likeness (QED) is 0.917. The first kappa shape index (κ1) is 12.7. The first-order valence-corrected chi connectivity index (χ1v) is 7.55. The molecule has 2 heterocycles. The summed E-state index contributed by atoms with van der Waals surface area (Å²) in [5.74, 6) is 0. The van der Waals surface area contributed by atoms with Crippen molar-refractivity contribution in [3.05, 3.63) is 27.5 Å². The van der Waals surface area contributed by atoms with E-state index in [-0.39, 0.29) is 11.4 Å². The summed E-state index contributed by atoms with van der Waals surface area (Å²) in [6.07, 6.45) is 2.73. The lowest BCUT2D eigenvalue weighted by molar-refractivity contribution is 0.413. The van der Waals surface area contributed by atoms with Crippen LogP contribution in [0, 0.1) is 6.92 Å². The minimum atomic E-state index is -3.59. The van der Waals surface area contributed by atoms with Crippen LogP contribution in [-0.4, -0.2) is 17.9 Å². The van der Waals surface area contributed by atoms with Crippen molar-refractivity contribution < 1.29 is 12.9 Å². The van der Waals surface area contributed by atoms with Gasteiger partial charge in [0.15, 0.2) is 0 Å². The van der Waals surface area contributed by atoms with Crippen LogP contribution in [-0.2, 0) is 16.6 Å². The van der Waals surface area contributed by atoms with E-state index in [9.17, 15) is 8.42 Å². The molecule has 0 aliphatic carbocycles. The maximum absolute atomic E-state index is 11.9. The Morgan fingerprint density at radius 3 is 2.88 bits per heavy atom. The van der Waals surface area contributed by atoms with Gasteiger partial charge in [-0.2, -0.15) is 4.37 Å². The molecule has 0 bridgehead atoms. The van der Waals surface area contributed by atoms with E-state index in [0.29, 0.717) is 5.69 Å². The Balaban J connectivity index is 2.15. The molecule has 0 saturated carbocycles. The third-order valence-corrected chi connectivity index (χ3v) is 5.25. The molecular weight excluding hydrogens is 330 g/mol. The molecule has 2 aromatic heterocycles. The van der Waals surface area contributed by atoms with Crippen LogP contribution < -0.4 is 4.72 Å². The molecule has 17 heavy (non-hydrogen) atoms. The minimum Gasteiger partial charge on any atom is -0.363 e. The van der Waals surface area contributed by atoms with E-state index in [2.05, 4.69) is 34.7 Å². The average molecular weight is 338 g/mol. The van der Waals surface area contributed by atoms with Gasteiger partial charge in [-0.25, -0.2) is 13.1 Å². The summed E-state index contributed by atoms with van der Waals surface area (Å²) in [7, 11) is -3.59. The first-order valence-electron chi connectivity index (χ1n) is 4.50. The number of aromatic nitrogens is 2. The van der Waals surface area contributed by atoms with Gasteiger partial charge in [0.1, 0.15) is 16.9 Å². The number of sulfonamides is 1. The molecule has 0 atom stereocenters. The third kappa shape index (κ3) is 2.73. The van der Waals surface area contributed by atoms with E-state index in [4.69, 9.17) is 0 Å². The lowest BCUT2D eigenvalue weighted by Crippen LogP contribution is -2.23. The molecule has 92 valence electrons. The van der Waals surface area contributed by atoms with Gasteiger partial charge in [0.2, 0.25) is 10.0 Å². The van der Waals surface area contributed by atoms with Crippen LogP contribution >= 0.6 is 27.5 Å². The summed E-state index contributed by atoms with van der Waals surface area (Å²) in [4.78, 5) is 0.862. The summed E-state index contributed by atoms with van der Waals surface area (Å²) in [5.41, 5.74) is 0.334. The fourth-order valence-electron chi connectivity index (χ4n) is 1.15. The van der Waals surface area contributed by atoms with Crippen LogP contribution in [0.2, 0.25) is 0 Å². The molecule has 0 saturated heterocycles. The van der Waals surface area contributed by atoms with Crippen molar-refractivity contribution in [2.24, 2.45) is 0 Å². The molecular formula is C8H8BrN3O3S2. The van der Waals surface area contributed by atoms with Crippen LogP contribution in [0.5, 0.6) is 0 Å². The van der Waals surface area contributed by atoms with Gasteiger partial charge in [-0.3, -0.25) is 0 Å². The smallest absolute Gasteiger partial charge is 0.246 e. The fourth-order valence-corrected chi connectivity index (χ4v) is 3.48. The van der Waals surface area contributed by atoms with E-state index in [0.717, 1.165) is 15.6 Å². The Hall–Kier alpha value is -0.770. The fraction of sp³-hybridized carbons (Fsp3) is 0.250. The van der Waals surface area contributed by atoms with Crippen molar-refractivity contribution in [1.82, 2.24) is 14.3 Å². The van der Waals surface area contributed by atoms with Gasteiger partial charge >= 0.3 is 0 Å². The Kier molecular flexibility index (Phi) is 3.61. The molecule has 0 unspecified atom stereocenters. The predicted octanol–water partition coefficient (Wildman–Crippen LogP) is 1.68. The molecule has 0 spiro atoms. The molecule has 2 aromatic rings. The standard InChI is InChI=1S/C8H8BrN3O3S2/c1-5-8(4-15-12-5)17(13,14)11-3-7-6(9)2-10-16-7/h2,4,11H,3H2,1H3. The van der Waals surface area contributed by atoms with E-state index < -0.39 is 10.0 Å². The van der Waals surface area contributed by atoms with Crippen LogP contribution in [0.4, 0.5) is 0 Å². The van der Waals surface area contributed by atoms with Crippen molar-refractivity contribution in [2.45, 2.75) is 18.4 Å². The zero-order valence-corrected chi connectivity index (χ0v) is 11.9. The lowest BCUT2D eigenvalue weighted by atomic mass is 10.5. The molecule has 9 heteroatoms. The molecule has 0 aliphatic heterocycles. The molecule has 0 amide bonds. The highest BCUT2D eigenvalue weighted by Gasteiger charge is 2.20. The lowest BCUT2D eigenvalue weighted by Gasteiger charge is -2.03. The van der Waals surface area contributed by atoms with Gasteiger partial charge in [-0.1, -0.05) is 5.16 Å². The van der Waals surface area contributed by atoms with Gasteiger partial charge < -0.3 is 4.52 Å². The second-order valence-corrected chi connectivity index (χ2v) is 6.66. The van der Waals surface area contributed by atoms with Crippen molar-refractivity contribution in [2.75, 3.05) is 0 Å². The molecule has 2 rings (SSSR count). The van der Waals surface area contributed by atoms with Gasteiger partial charge in [-0.15, -0.1) is 0 Å². The van der Waals surface area contributed by atoms with Gasteiger partial charge in [0, 0.05) is 6.54 Å². The number of nitrogens with zero attached hydrogens (tertiary/aromatic N) is 2. The van der Waals surface area contributed by atoms with E-state index >= 15 is 0 Å². The van der Waals surface area contributed by atoms with Crippen LogP contribution in [0.25, 0.3) is 0 Å². The number of hydrogen-bond donors (Lipinski definition) is 1. The van der Waals surface area contributed by atoms with Crippen molar-refractivity contribution in [3.8, 4) is 0 Å². The monoisotopic (exact) mass is 337 g/mol. The number of rotatable bonds is 4. The summed E-state index contributed by atoms with van der Waals surface area (Å²) in [6.45, 7) is 1.75. The Morgan fingerprint density at radius 1 is 1.59 bits per heavy atom. The molecule has 1 N–H and O–H groups in total. The van der Waals surface area contributed by atoms with E-state index in [1.807, 2.05) is 0 Å². The highest BCUT2D eigenvalue weighted by Crippen LogP contribution is 2.20. The van der Waals surface area contributed by atoms with Crippen molar-refractivity contribution in [3.63, 3.8) is 0 Å². The van der Waals surface area contributed by atoms with Crippen LogP contribution in [0.1, 0.15) is 10.6 Å². The van der Waals surface area contributed by atoms with Gasteiger partial charge in [0.05, 0.1) is 15.5 Å². The minimum absolute atomic E-state index is 0.0538. The number of nitrogens with one attached hydrogen (secondary N) is 1. The van der Waals surface area contributed by atoms with E-state index in [1.54, 1.807) is 13.1 Å². The zero-order chi connectivity index (χ0) is 12.5. The Labute approximate surface area is 110 Å². The number of halogens is 1. The Morgan fingerprint density at radius 2 is 2.35 bits per heavy atom. The largest absolute Gasteiger partial charge is 0.363 e. The summed E-state index contributed by atoms with van der Waals surface area (Å²) in [5, 5.41) is 3.53. The van der Waals surface area contributed by atoms with Gasteiger partial charge in [0.25, 0.3) is 0 Å². The molecule has 0 aromatic carbocycles. The normalized spacial score (nSPS) is 11.9. The SMILES string of the molecule is Cc1nocc1S(=O)(=O)NCc1sncc1Br. The molecule has 6 nitrogen and oxygen atoms in total. The maximum atomic E-state index is 11.9. The topological polar surface area (TPSA) is 85.1 Å². The second kappa shape index (κ2) is 4.84. The van der Waals surface area contributed by atoms with Crippen molar-refractivity contribution in [1.29, 1.82) is 0 Å². The maximum Gasteiger partial charge on any atom is 0.246 e. The number of aryl methyl sites for hydroxylation is 1. The summed E-state index contributed by atoms with van der Waals surface area (Å²) < 4.78 is 35.5. The highest BCUT2D eigenvalue weighted by molar-refractivity contribution is 9.10. The Bertz CT molecular complexity index is 620. The third-order valence-electron chi connectivity index (χ3n) is 2.01. The van der Waals surface area contributed by atoms with Gasteiger partial charge in [-0.05, 0) is 34.4 Å². The molecule has 0 fully saturated rings. The van der Waals surface area contributed by atoms with Crippen LogP contribution in [0.15, 0.2) is 26.4 Å². The zero-order valence-electron chi connectivity index (χ0n) is 8.68. The predicted molar refractivity (Wildman–Crippen MR) is 65.1 cm³/mol. The summed E-state index contributed by atoms with van der Waals surface area (Å²) >= 11 is 4.51. The van der Waals surface area contributed by atoms with E-state index in [1.165, 1.54) is 11.5 Å². The number of hydrogen-bond acceptors (Lipinski definition) is 6. The summed E-state index contributed by atoms with van der Waals surface area (Å²) in [6, 6.07) is 0. The first-order chi connectivity index (χ1) is 8.00. The molecule has 0 aliphatic rings.